The fourth-order valence-electron chi connectivity index (χ4n) is 1.55. The van der Waals surface area contributed by atoms with Gasteiger partial charge in [-0.05, 0) is 0 Å². The average molecular weight is 278 g/mol. The normalized spacial score (nSPS) is 16.2. The number of carbonyl (C=O) groups excluding carboxylic acids is 2. The smallest absolute Gasteiger partial charge is 0.299 e. The molecule has 0 amide bonds. The zero-order valence-corrected chi connectivity index (χ0v) is 9.65. The van der Waals surface area contributed by atoms with Crippen molar-refractivity contribution in [2.24, 2.45) is 11.8 Å². The van der Waals surface area contributed by atoms with Gasteiger partial charge in [0.15, 0.2) is 0 Å². The van der Waals surface area contributed by atoms with E-state index in [1.54, 1.807) is 0 Å². The Kier molecular flexibility index (Phi) is 5.36. The summed E-state index contributed by atoms with van der Waals surface area (Å²) >= 11 is 0. The zero-order chi connectivity index (χ0) is 14.7. The number of alkyl halides is 6. The van der Waals surface area contributed by atoms with Crippen molar-refractivity contribution in [2.75, 3.05) is 0 Å². The highest BCUT2D eigenvalue weighted by Gasteiger charge is 2.60. The summed E-state index contributed by atoms with van der Waals surface area (Å²) in [5, 5.41) is 0. The van der Waals surface area contributed by atoms with Crippen LogP contribution in [0.2, 0.25) is 0 Å². The summed E-state index contributed by atoms with van der Waals surface area (Å²) in [5.41, 5.74) is 0. The van der Waals surface area contributed by atoms with Crippen LogP contribution in [0.5, 0.6) is 0 Å². The molecule has 2 nitrogen and oxygen atoms in total. The summed E-state index contributed by atoms with van der Waals surface area (Å²) in [4.78, 5) is 22.2. The van der Waals surface area contributed by atoms with Crippen molar-refractivity contribution in [3.8, 4) is 0 Å². The largest absolute Gasteiger partial charge is 0.399 e. The molecule has 0 saturated heterocycles. The van der Waals surface area contributed by atoms with Gasteiger partial charge < -0.3 is 0 Å². The molecule has 0 aromatic carbocycles. The van der Waals surface area contributed by atoms with Crippen LogP contribution in [0.25, 0.3) is 0 Å². The summed E-state index contributed by atoms with van der Waals surface area (Å²) in [6.07, 6.45) is -12.2. The molecule has 18 heavy (non-hydrogen) atoms. The highest BCUT2D eigenvalue weighted by molar-refractivity contribution is 5.90. The third kappa shape index (κ3) is 3.99. The molecule has 2 atom stereocenters. The molecule has 0 aliphatic heterocycles. The van der Waals surface area contributed by atoms with Crippen LogP contribution in [0.15, 0.2) is 0 Å². The second-order valence-corrected chi connectivity index (χ2v) is 3.68. The van der Waals surface area contributed by atoms with Crippen LogP contribution in [0.1, 0.15) is 26.7 Å². The number of hydrogen-bond donors (Lipinski definition) is 0. The lowest BCUT2D eigenvalue weighted by Crippen LogP contribution is -2.47. The van der Waals surface area contributed by atoms with Crippen molar-refractivity contribution in [2.45, 2.75) is 39.0 Å². The van der Waals surface area contributed by atoms with Crippen LogP contribution >= 0.6 is 0 Å². The highest BCUT2D eigenvalue weighted by atomic mass is 19.4. The molecule has 2 unspecified atom stereocenters. The van der Waals surface area contributed by atoms with Gasteiger partial charge in [-0.1, -0.05) is 13.8 Å². The molecule has 0 aliphatic carbocycles. The van der Waals surface area contributed by atoms with E-state index in [-0.39, 0.29) is 0 Å². The van der Waals surface area contributed by atoms with Crippen LogP contribution in [0, 0.1) is 11.8 Å². The van der Waals surface area contributed by atoms with Gasteiger partial charge in [0.1, 0.15) is 23.4 Å². The number of carbonyl (C=O) groups is 2. The summed E-state index contributed by atoms with van der Waals surface area (Å²) in [6, 6.07) is 0. The van der Waals surface area contributed by atoms with Crippen molar-refractivity contribution >= 4 is 11.6 Å². The molecule has 0 bridgehead atoms. The van der Waals surface area contributed by atoms with Crippen LogP contribution in [-0.2, 0) is 9.59 Å². The van der Waals surface area contributed by atoms with Crippen LogP contribution in [-0.4, -0.2) is 23.9 Å². The number of hydrogen-bond acceptors (Lipinski definition) is 2. The molecule has 0 saturated carbocycles. The van der Waals surface area contributed by atoms with Crippen molar-refractivity contribution < 1.29 is 35.9 Å². The molecule has 0 spiro atoms. The molecule has 0 aliphatic rings. The molecular weight excluding hydrogens is 266 g/mol. The number of rotatable bonds is 5. The third-order valence-electron chi connectivity index (χ3n) is 2.43. The Morgan fingerprint density at radius 1 is 0.778 bits per heavy atom. The lowest BCUT2D eigenvalue weighted by Gasteiger charge is -2.28. The summed E-state index contributed by atoms with van der Waals surface area (Å²) < 4.78 is 75.4. The summed E-state index contributed by atoms with van der Waals surface area (Å²) in [5.74, 6) is -9.89. The lowest BCUT2D eigenvalue weighted by atomic mass is 9.82. The minimum Gasteiger partial charge on any atom is -0.299 e. The maximum atomic E-state index is 12.6. The van der Waals surface area contributed by atoms with E-state index in [4.69, 9.17) is 0 Å². The molecule has 8 heteroatoms. The van der Waals surface area contributed by atoms with E-state index >= 15 is 0 Å². The maximum Gasteiger partial charge on any atom is 0.399 e. The predicted molar refractivity (Wildman–Crippen MR) is 49.7 cm³/mol. The molecule has 0 radical (unpaired) electrons. The van der Waals surface area contributed by atoms with Crippen LogP contribution in [0.4, 0.5) is 26.3 Å². The molecule has 0 aromatic heterocycles. The Balaban J connectivity index is 5.65. The van der Waals surface area contributed by atoms with Gasteiger partial charge in [-0.2, -0.15) is 26.3 Å². The molecular formula is C10H12F6O2. The molecule has 0 N–H and O–H groups in total. The molecule has 0 fully saturated rings. The predicted octanol–water partition coefficient (Wildman–Crippen LogP) is 3.30. The fraction of sp³-hybridized carbons (Fsp3) is 0.800. The van der Waals surface area contributed by atoms with Crippen molar-refractivity contribution in [1.82, 2.24) is 0 Å². The van der Waals surface area contributed by atoms with E-state index in [0.717, 1.165) is 13.8 Å². The minimum atomic E-state index is -5.39. The molecule has 0 aromatic rings. The average Bonchev–Trinajstić information content (AvgIpc) is 2.20. The van der Waals surface area contributed by atoms with Gasteiger partial charge in [0.25, 0.3) is 0 Å². The highest BCUT2D eigenvalue weighted by Crippen LogP contribution is 2.42. The Morgan fingerprint density at radius 3 is 1.11 bits per heavy atom. The second-order valence-electron chi connectivity index (χ2n) is 3.68. The first-order valence-electron chi connectivity index (χ1n) is 5.15. The monoisotopic (exact) mass is 278 g/mol. The van der Waals surface area contributed by atoms with Crippen LogP contribution in [0.3, 0.4) is 0 Å². The van der Waals surface area contributed by atoms with Gasteiger partial charge >= 0.3 is 12.4 Å². The Labute approximate surface area is 99.3 Å². The van der Waals surface area contributed by atoms with Gasteiger partial charge in [0.05, 0.1) is 0 Å². The van der Waals surface area contributed by atoms with E-state index in [2.05, 4.69) is 0 Å². The van der Waals surface area contributed by atoms with Gasteiger partial charge in [-0.15, -0.1) is 0 Å². The fourth-order valence-corrected chi connectivity index (χ4v) is 1.55. The zero-order valence-electron chi connectivity index (χ0n) is 9.65. The topological polar surface area (TPSA) is 34.1 Å². The summed E-state index contributed by atoms with van der Waals surface area (Å²) in [7, 11) is 0. The number of ketones is 2. The number of Topliss-reactive ketones (excluding diaryl/α,β-unsaturated/α-hetero) is 2. The van der Waals surface area contributed by atoms with Crippen LogP contribution < -0.4 is 0 Å². The Hall–Kier alpha value is -1.08. The van der Waals surface area contributed by atoms with Gasteiger partial charge in [-0.3, -0.25) is 9.59 Å². The maximum absolute atomic E-state index is 12.6. The van der Waals surface area contributed by atoms with Crippen molar-refractivity contribution in [1.29, 1.82) is 0 Å². The first-order valence-corrected chi connectivity index (χ1v) is 5.15. The van der Waals surface area contributed by atoms with E-state index in [9.17, 15) is 35.9 Å². The number of halogens is 6. The van der Waals surface area contributed by atoms with Gasteiger partial charge in [0.2, 0.25) is 0 Å². The molecule has 106 valence electrons. The van der Waals surface area contributed by atoms with E-state index < -0.39 is 48.6 Å². The Morgan fingerprint density at radius 2 is 1.00 bits per heavy atom. The summed E-state index contributed by atoms with van der Waals surface area (Å²) in [6.45, 7) is 2.04. The Bertz CT molecular complexity index is 285. The SMILES string of the molecule is CCC(=O)C(C(C(=O)CC)C(F)(F)F)C(F)(F)F. The van der Waals surface area contributed by atoms with E-state index in [1.807, 2.05) is 0 Å². The van der Waals surface area contributed by atoms with Crippen molar-refractivity contribution in [3.63, 3.8) is 0 Å². The van der Waals surface area contributed by atoms with Gasteiger partial charge in [0, 0.05) is 12.8 Å². The first-order chi connectivity index (χ1) is 7.96. The molecule has 0 heterocycles. The van der Waals surface area contributed by atoms with E-state index in [0.29, 0.717) is 0 Å². The standard InChI is InChI=1S/C10H12F6O2/c1-3-5(17)7(9(11,12)13)8(6(18)4-2)10(14,15)16/h7-8H,3-4H2,1-2H3. The third-order valence-corrected chi connectivity index (χ3v) is 2.43. The van der Waals surface area contributed by atoms with Crippen molar-refractivity contribution in [3.05, 3.63) is 0 Å². The minimum absolute atomic E-state index is 0.715. The van der Waals surface area contributed by atoms with E-state index in [1.165, 1.54) is 0 Å². The second kappa shape index (κ2) is 5.71. The lowest BCUT2D eigenvalue weighted by molar-refractivity contribution is -0.244. The first kappa shape index (κ1) is 16.9. The quantitative estimate of drug-likeness (QED) is 0.723. The van der Waals surface area contributed by atoms with Gasteiger partial charge in [-0.25, -0.2) is 0 Å². The molecule has 0 rings (SSSR count).